The van der Waals surface area contributed by atoms with Crippen molar-refractivity contribution in [3.63, 3.8) is 0 Å². The van der Waals surface area contributed by atoms with Crippen LogP contribution in [0.5, 0.6) is 0 Å². The molecule has 1 fully saturated rings. The molecule has 1 aliphatic heterocycles. The third-order valence-corrected chi connectivity index (χ3v) is 10.5. The second-order valence-electron chi connectivity index (χ2n) is 13.8. The molecule has 0 saturated heterocycles. The second-order valence-corrected chi connectivity index (χ2v) is 13.8. The van der Waals surface area contributed by atoms with E-state index in [0.717, 1.165) is 0 Å². The van der Waals surface area contributed by atoms with Gasteiger partial charge in [0.2, 0.25) is 0 Å². The van der Waals surface area contributed by atoms with Gasteiger partial charge in [-0.3, -0.25) is 0 Å². The summed E-state index contributed by atoms with van der Waals surface area (Å²) in [5.41, 5.74) is 16.6. The third kappa shape index (κ3) is 6.52. The fourth-order valence-electron chi connectivity index (χ4n) is 7.86. The van der Waals surface area contributed by atoms with E-state index in [0.29, 0.717) is 12.0 Å². The van der Waals surface area contributed by atoms with Gasteiger partial charge in [0.15, 0.2) is 0 Å². The number of aryl methyl sites for hydroxylation is 2. The summed E-state index contributed by atoms with van der Waals surface area (Å²) >= 11 is 0. The molecule has 0 bridgehead atoms. The van der Waals surface area contributed by atoms with Gasteiger partial charge in [-0.05, 0) is 107 Å². The van der Waals surface area contributed by atoms with Gasteiger partial charge in [-0.1, -0.05) is 163 Å². The molecule has 2 atom stereocenters. The van der Waals surface area contributed by atoms with Gasteiger partial charge in [-0.25, -0.2) is 0 Å². The Kier molecular flexibility index (Phi) is 8.88. The molecule has 0 amide bonds. The Hall–Kier alpha value is -5.66. The highest BCUT2D eigenvalue weighted by molar-refractivity contribution is 5.92. The third-order valence-electron chi connectivity index (χ3n) is 10.5. The number of rotatable bonds is 8. The maximum absolute atomic E-state index is 2.62. The summed E-state index contributed by atoms with van der Waals surface area (Å²) in [5.74, 6) is 0.576. The zero-order valence-corrected chi connectivity index (χ0v) is 29.0. The molecule has 6 aromatic carbocycles. The summed E-state index contributed by atoms with van der Waals surface area (Å²) in [4.78, 5) is 2.62. The minimum Gasteiger partial charge on any atom is -0.338 e. The zero-order valence-electron chi connectivity index (χ0n) is 29.0. The van der Waals surface area contributed by atoms with Crippen LogP contribution in [0.2, 0.25) is 0 Å². The molecule has 2 unspecified atom stereocenters. The zero-order chi connectivity index (χ0) is 33.9. The van der Waals surface area contributed by atoms with Crippen molar-refractivity contribution >= 4 is 34.7 Å². The van der Waals surface area contributed by atoms with Crippen LogP contribution >= 0.6 is 0 Å². The van der Waals surface area contributed by atoms with E-state index in [1.54, 1.807) is 0 Å². The lowest BCUT2D eigenvalue weighted by atomic mass is 9.95. The highest BCUT2D eigenvalue weighted by atomic mass is 15.2. The van der Waals surface area contributed by atoms with Crippen molar-refractivity contribution in [3.05, 3.63) is 214 Å². The fourth-order valence-corrected chi connectivity index (χ4v) is 7.86. The molecule has 50 heavy (non-hydrogen) atoms. The van der Waals surface area contributed by atoms with Crippen LogP contribution in [-0.4, -0.2) is 6.04 Å². The SMILES string of the molecule is Cc1ccc(/C(=C/C=C/c2ccc3c(c2)C2CCCC2N3c2ccc(/C=C(\c3ccccc3)c3ccc(C)cc3)cc2)c2ccccc2)cc1. The Morgan fingerprint density at radius 3 is 1.76 bits per heavy atom. The van der Waals surface area contributed by atoms with Crippen LogP contribution in [0.25, 0.3) is 23.3 Å². The summed E-state index contributed by atoms with van der Waals surface area (Å²) in [6.45, 7) is 4.28. The molecule has 0 radical (unpaired) electrons. The largest absolute Gasteiger partial charge is 0.338 e. The van der Waals surface area contributed by atoms with Gasteiger partial charge >= 0.3 is 0 Å². The van der Waals surface area contributed by atoms with Crippen molar-refractivity contribution in [3.8, 4) is 0 Å². The number of hydrogen-bond donors (Lipinski definition) is 0. The van der Waals surface area contributed by atoms with Gasteiger partial charge in [-0.15, -0.1) is 0 Å². The maximum atomic E-state index is 2.62. The normalized spacial score (nSPS) is 17.3. The van der Waals surface area contributed by atoms with Crippen LogP contribution in [0.1, 0.15) is 75.3 Å². The summed E-state index contributed by atoms with van der Waals surface area (Å²) in [5, 5.41) is 0. The van der Waals surface area contributed by atoms with E-state index in [9.17, 15) is 0 Å². The lowest BCUT2D eigenvalue weighted by Crippen LogP contribution is -2.26. The first-order valence-electron chi connectivity index (χ1n) is 18.0. The Morgan fingerprint density at radius 1 is 0.560 bits per heavy atom. The molecule has 8 rings (SSSR count). The van der Waals surface area contributed by atoms with Crippen molar-refractivity contribution in [1.82, 2.24) is 0 Å². The van der Waals surface area contributed by atoms with Crippen molar-refractivity contribution in [2.75, 3.05) is 4.90 Å². The van der Waals surface area contributed by atoms with Crippen molar-refractivity contribution in [2.24, 2.45) is 0 Å². The van der Waals surface area contributed by atoms with Crippen LogP contribution in [0.4, 0.5) is 11.4 Å². The van der Waals surface area contributed by atoms with Crippen molar-refractivity contribution < 1.29 is 0 Å². The number of anilines is 2. The summed E-state index contributed by atoms with van der Waals surface area (Å²) in [7, 11) is 0. The predicted molar refractivity (Wildman–Crippen MR) is 214 cm³/mol. The van der Waals surface area contributed by atoms with Gasteiger partial charge in [0.25, 0.3) is 0 Å². The first kappa shape index (κ1) is 31.6. The minimum atomic E-state index is 0.518. The quantitative estimate of drug-likeness (QED) is 0.118. The number of hydrogen-bond acceptors (Lipinski definition) is 1. The molecule has 1 nitrogen and oxygen atoms in total. The number of benzene rings is 6. The van der Waals surface area contributed by atoms with E-state index in [1.807, 2.05) is 0 Å². The van der Waals surface area contributed by atoms with Crippen LogP contribution in [0, 0.1) is 13.8 Å². The molecular weight excluding hydrogens is 603 g/mol. The smallest absolute Gasteiger partial charge is 0.0450 e. The minimum absolute atomic E-state index is 0.518. The van der Waals surface area contributed by atoms with Gasteiger partial charge in [0.05, 0.1) is 0 Å². The van der Waals surface area contributed by atoms with E-state index in [2.05, 4.69) is 195 Å². The van der Waals surface area contributed by atoms with Crippen LogP contribution in [0.15, 0.2) is 164 Å². The summed E-state index contributed by atoms with van der Waals surface area (Å²) in [6, 6.07) is 55.9. The number of allylic oxidation sites excluding steroid dienone is 2. The average molecular weight is 646 g/mol. The maximum Gasteiger partial charge on any atom is 0.0450 e. The van der Waals surface area contributed by atoms with Crippen LogP contribution in [-0.2, 0) is 0 Å². The number of nitrogens with zero attached hydrogens (tertiary/aromatic N) is 1. The fraction of sp³-hybridized carbons (Fsp3) is 0.143. The van der Waals surface area contributed by atoms with Crippen molar-refractivity contribution in [2.45, 2.75) is 45.1 Å². The topological polar surface area (TPSA) is 3.24 Å². The second kappa shape index (κ2) is 14.1. The molecule has 0 N–H and O–H groups in total. The molecule has 1 aliphatic carbocycles. The molecular formula is C49H43N. The lowest BCUT2D eigenvalue weighted by Gasteiger charge is -2.27. The Bertz CT molecular complexity index is 2170. The molecule has 0 aromatic heterocycles. The number of fused-ring (bicyclic) bond motifs is 3. The molecule has 6 aromatic rings. The van der Waals surface area contributed by atoms with Gasteiger partial charge in [-0.2, -0.15) is 0 Å². The van der Waals surface area contributed by atoms with Crippen LogP contribution < -0.4 is 4.90 Å². The van der Waals surface area contributed by atoms with E-state index in [1.165, 1.54) is 91.9 Å². The van der Waals surface area contributed by atoms with E-state index < -0.39 is 0 Å². The summed E-state index contributed by atoms with van der Waals surface area (Å²) < 4.78 is 0. The monoisotopic (exact) mass is 645 g/mol. The van der Waals surface area contributed by atoms with Crippen molar-refractivity contribution in [1.29, 1.82) is 0 Å². The molecule has 0 spiro atoms. The predicted octanol–water partition coefficient (Wildman–Crippen LogP) is 12.8. The Morgan fingerprint density at radius 2 is 1.12 bits per heavy atom. The first-order chi connectivity index (χ1) is 24.6. The molecule has 1 heteroatoms. The molecule has 1 heterocycles. The highest BCUT2D eigenvalue weighted by Gasteiger charge is 2.42. The Balaban J connectivity index is 1.08. The molecule has 1 saturated carbocycles. The van der Waals surface area contributed by atoms with Gasteiger partial charge in [0, 0.05) is 23.3 Å². The highest BCUT2D eigenvalue weighted by Crippen LogP contribution is 2.52. The molecule has 2 aliphatic rings. The van der Waals surface area contributed by atoms with Crippen LogP contribution in [0.3, 0.4) is 0 Å². The standard InChI is InChI=1S/C49H43N/c1-35-19-26-41(27-20-35)44(39-12-5-3-6-13-39)16-9-11-37-25-32-49-47(34-37)45-17-10-18-48(45)50(49)43-30-23-38(24-31-43)33-46(40-14-7-4-8-15-40)42-28-21-36(2)22-29-42/h3-9,11-16,19-34,45,48H,10,17-18H2,1-2H3/b11-9+,44-16+,46-33+. The average Bonchev–Trinajstić information content (AvgIpc) is 3.76. The summed E-state index contributed by atoms with van der Waals surface area (Å²) in [6.07, 6.45) is 12.8. The lowest BCUT2D eigenvalue weighted by molar-refractivity contribution is 0.642. The molecule has 244 valence electrons. The van der Waals surface area contributed by atoms with Gasteiger partial charge < -0.3 is 4.90 Å². The first-order valence-corrected chi connectivity index (χ1v) is 18.0. The van der Waals surface area contributed by atoms with E-state index in [4.69, 9.17) is 0 Å². The Labute approximate surface area is 297 Å². The van der Waals surface area contributed by atoms with Gasteiger partial charge in [0.1, 0.15) is 0 Å². The van der Waals surface area contributed by atoms with E-state index in [-0.39, 0.29) is 0 Å². The van der Waals surface area contributed by atoms with E-state index >= 15 is 0 Å².